The molecule has 3 nitrogen and oxygen atoms in total. The Bertz CT molecular complexity index is 294. The lowest BCUT2D eigenvalue weighted by molar-refractivity contribution is -0.102. The van der Waals surface area contributed by atoms with Crippen molar-refractivity contribution in [2.75, 3.05) is 5.73 Å². The molecule has 0 aliphatic rings. The third-order valence-corrected chi connectivity index (χ3v) is 1.37. The monoisotopic (exact) mass is 148 g/mol. The van der Waals surface area contributed by atoms with E-state index in [1.807, 2.05) is 0 Å². The summed E-state index contributed by atoms with van der Waals surface area (Å²) in [6, 6.07) is 6.81. The molecule has 1 rings (SSSR count). The normalized spacial score (nSPS) is 9.09. The summed E-state index contributed by atoms with van der Waals surface area (Å²) in [5.41, 5.74) is 6.37. The maximum Gasteiger partial charge on any atom is 0.168 e. The third-order valence-electron chi connectivity index (χ3n) is 1.37. The number of para-hydroxylation sites is 1. The molecule has 56 valence electrons. The number of aldehydes is 1. The summed E-state index contributed by atoms with van der Waals surface area (Å²) in [6.45, 7) is 0. The Balaban J connectivity index is 3.13. The first-order valence-electron chi connectivity index (χ1n) is 3.14. The van der Waals surface area contributed by atoms with Gasteiger partial charge in [0.25, 0.3) is 0 Å². The molecule has 0 saturated heterocycles. The van der Waals surface area contributed by atoms with Crippen LogP contribution in [0, 0.1) is 5.41 Å². The van der Waals surface area contributed by atoms with Gasteiger partial charge in [-0.15, -0.1) is 0 Å². The molecule has 0 unspecified atom stereocenters. The minimum absolute atomic E-state index is 0.0805. The Labute approximate surface area is 64.3 Å². The van der Waals surface area contributed by atoms with Crippen LogP contribution in [0.1, 0.15) is 5.56 Å². The Morgan fingerprint density at radius 2 is 2.09 bits per heavy atom. The highest BCUT2D eigenvalue weighted by atomic mass is 16.1. The van der Waals surface area contributed by atoms with Crippen LogP contribution in [0.3, 0.4) is 0 Å². The molecule has 0 aliphatic carbocycles. The quantitative estimate of drug-likeness (QED) is 0.370. The second-order valence-corrected chi connectivity index (χ2v) is 2.12. The zero-order chi connectivity index (χ0) is 8.27. The Morgan fingerprint density at radius 3 is 2.64 bits per heavy atom. The number of nitrogen functional groups attached to an aromatic ring is 1. The third kappa shape index (κ3) is 1.43. The van der Waals surface area contributed by atoms with Gasteiger partial charge in [0.15, 0.2) is 6.29 Å². The van der Waals surface area contributed by atoms with Gasteiger partial charge in [0.05, 0.1) is 0 Å². The highest BCUT2D eigenvalue weighted by Gasteiger charge is 2.01. The molecule has 3 N–H and O–H groups in total. The molecule has 0 amide bonds. The topological polar surface area (TPSA) is 66.9 Å². The van der Waals surface area contributed by atoms with Crippen molar-refractivity contribution >= 4 is 17.7 Å². The maximum atomic E-state index is 10.2. The molecule has 1 aromatic carbocycles. The van der Waals surface area contributed by atoms with Crippen LogP contribution < -0.4 is 5.73 Å². The predicted octanol–water partition coefficient (Wildman–Crippen LogP) is 0.836. The molecule has 3 heteroatoms. The van der Waals surface area contributed by atoms with Crippen LogP contribution in [-0.4, -0.2) is 12.0 Å². The Hall–Kier alpha value is -1.64. The van der Waals surface area contributed by atoms with Gasteiger partial charge in [-0.25, -0.2) is 0 Å². The van der Waals surface area contributed by atoms with Gasteiger partial charge in [-0.1, -0.05) is 18.2 Å². The van der Waals surface area contributed by atoms with Crippen molar-refractivity contribution in [2.24, 2.45) is 0 Å². The number of hydrogen-bond acceptors (Lipinski definition) is 3. The molecule has 0 atom stereocenters. The van der Waals surface area contributed by atoms with Crippen LogP contribution in [0.15, 0.2) is 24.3 Å². The zero-order valence-electron chi connectivity index (χ0n) is 5.87. The fraction of sp³-hybridized carbons (Fsp3) is 0. The van der Waals surface area contributed by atoms with Crippen molar-refractivity contribution in [3.8, 4) is 0 Å². The first-order chi connectivity index (χ1) is 5.25. The molecule has 0 aliphatic heterocycles. The van der Waals surface area contributed by atoms with Gasteiger partial charge in [-0.05, 0) is 6.07 Å². The second kappa shape index (κ2) is 2.96. The molecule has 0 fully saturated rings. The van der Waals surface area contributed by atoms with E-state index in [4.69, 9.17) is 11.1 Å². The van der Waals surface area contributed by atoms with Gasteiger partial charge in [0, 0.05) is 11.3 Å². The molecular formula is C8H8N2O. The molecule has 0 bridgehead atoms. The summed E-state index contributed by atoms with van der Waals surface area (Å²) in [4.78, 5) is 10.2. The SMILES string of the molecule is N=C(C=O)c1ccccc1N. The Kier molecular flexibility index (Phi) is 2.01. The largest absolute Gasteiger partial charge is 0.398 e. The minimum Gasteiger partial charge on any atom is -0.398 e. The summed E-state index contributed by atoms with van der Waals surface area (Å²) < 4.78 is 0. The number of nitrogens with two attached hydrogens (primary N) is 1. The van der Waals surface area contributed by atoms with Crippen LogP contribution in [-0.2, 0) is 4.79 Å². The molecule has 1 aromatic rings. The molecule has 0 spiro atoms. The lowest BCUT2D eigenvalue weighted by Crippen LogP contribution is -2.03. The zero-order valence-corrected chi connectivity index (χ0v) is 5.87. The number of benzene rings is 1. The van der Waals surface area contributed by atoms with E-state index >= 15 is 0 Å². The van der Waals surface area contributed by atoms with Gasteiger partial charge < -0.3 is 5.73 Å². The lowest BCUT2D eigenvalue weighted by Gasteiger charge is -1.99. The van der Waals surface area contributed by atoms with E-state index < -0.39 is 0 Å². The smallest absolute Gasteiger partial charge is 0.168 e. The number of hydrogen-bond donors (Lipinski definition) is 2. The molecule has 11 heavy (non-hydrogen) atoms. The fourth-order valence-electron chi connectivity index (χ4n) is 0.806. The maximum absolute atomic E-state index is 10.2. The highest BCUT2D eigenvalue weighted by Crippen LogP contribution is 2.09. The standard InChI is InChI=1S/C8H8N2O/c9-7-4-2-1-3-6(7)8(10)5-11/h1-5,10H,9H2. The van der Waals surface area contributed by atoms with E-state index in [9.17, 15) is 4.79 Å². The van der Waals surface area contributed by atoms with Crippen molar-refractivity contribution < 1.29 is 4.79 Å². The average Bonchev–Trinajstić information content (AvgIpc) is 2.04. The molecule has 0 saturated carbocycles. The van der Waals surface area contributed by atoms with Gasteiger partial charge in [0.2, 0.25) is 0 Å². The molecule has 0 radical (unpaired) electrons. The summed E-state index contributed by atoms with van der Waals surface area (Å²) in [5.74, 6) is 0. The number of anilines is 1. The first-order valence-corrected chi connectivity index (χ1v) is 3.14. The summed E-state index contributed by atoms with van der Waals surface area (Å²) in [6.07, 6.45) is 0.478. The second-order valence-electron chi connectivity index (χ2n) is 2.12. The van der Waals surface area contributed by atoms with Crippen molar-refractivity contribution in [1.29, 1.82) is 5.41 Å². The fourth-order valence-corrected chi connectivity index (χ4v) is 0.806. The van der Waals surface area contributed by atoms with E-state index in [2.05, 4.69) is 0 Å². The summed E-state index contributed by atoms with van der Waals surface area (Å²) >= 11 is 0. The summed E-state index contributed by atoms with van der Waals surface area (Å²) in [7, 11) is 0. The summed E-state index contributed by atoms with van der Waals surface area (Å²) in [5, 5.41) is 7.17. The number of rotatable bonds is 2. The van der Waals surface area contributed by atoms with Crippen LogP contribution in [0.5, 0.6) is 0 Å². The number of carbonyl (C=O) groups excluding carboxylic acids is 1. The van der Waals surface area contributed by atoms with Crippen molar-refractivity contribution in [2.45, 2.75) is 0 Å². The van der Waals surface area contributed by atoms with Gasteiger partial charge in [0.1, 0.15) is 5.71 Å². The lowest BCUT2D eigenvalue weighted by atomic mass is 10.1. The van der Waals surface area contributed by atoms with E-state index in [0.29, 0.717) is 17.5 Å². The number of carbonyl (C=O) groups is 1. The van der Waals surface area contributed by atoms with Crippen LogP contribution >= 0.6 is 0 Å². The van der Waals surface area contributed by atoms with Crippen LogP contribution in [0.4, 0.5) is 5.69 Å². The minimum atomic E-state index is -0.0805. The van der Waals surface area contributed by atoms with Crippen molar-refractivity contribution in [1.82, 2.24) is 0 Å². The number of nitrogens with one attached hydrogen (secondary N) is 1. The van der Waals surface area contributed by atoms with Gasteiger partial charge >= 0.3 is 0 Å². The molecule has 0 heterocycles. The van der Waals surface area contributed by atoms with Crippen molar-refractivity contribution in [3.05, 3.63) is 29.8 Å². The molecular weight excluding hydrogens is 140 g/mol. The van der Waals surface area contributed by atoms with E-state index in [-0.39, 0.29) is 5.71 Å². The van der Waals surface area contributed by atoms with E-state index in [0.717, 1.165) is 0 Å². The van der Waals surface area contributed by atoms with Crippen molar-refractivity contribution in [3.63, 3.8) is 0 Å². The van der Waals surface area contributed by atoms with Crippen LogP contribution in [0.25, 0.3) is 0 Å². The predicted molar refractivity (Wildman–Crippen MR) is 43.7 cm³/mol. The van der Waals surface area contributed by atoms with Crippen LogP contribution in [0.2, 0.25) is 0 Å². The van der Waals surface area contributed by atoms with E-state index in [1.54, 1.807) is 24.3 Å². The molecule has 0 aromatic heterocycles. The average molecular weight is 148 g/mol. The van der Waals surface area contributed by atoms with Gasteiger partial charge in [-0.3, -0.25) is 10.2 Å². The highest BCUT2D eigenvalue weighted by molar-refractivity contribution is 6.36. The first kappa shape index (κ1) is 7.47. The Morgan fingerprint density at radius 1 is 1.45 bits per heavy atom. The van der Waals surface area contributed by atoms with E-state index in [1.165, 1.54) is 0 Å². The van der Waals surface area contributed by atoms with Gasteiger partial charge in [-0.2, -0.15) is 0 Å².